The third kappa shape index (κ3) is 4.02. The van der Waals surface area contributed by atoms with Crippen molar-refractivity contribution in [2.24, 2.45) is 5.41 Å². The fraction of sp³-hybridized carbons (Fsp3) is 0.222. The second-order valence-corrected chi connectivity index (χ2v) is 8.93. The van der Waals surface area contributed by atoms with E-state index in [9.17, 15) is 20.0 Å². The quantitative estimate of drug-likeness (QED) is 0.366. The minimum atomic E-state index is -2.35. The Hall–Kier alpha value is -4.79. The van der Waals surface area contributed by atoms with Crippen LogP contribution in [-0.2, 0) is 20.0 Å². The van der Waals surface area contributed by atoms with Crippen molar-refractivity contribution >= 4 is 23.3 Å². The first-order valence-corrected chi connectivity index (χ1v) is 11.7. The van der Waals surface area contributed by atoms with Crippen molar-refractivity contribution in [3.8, 4) is 6.07 Å². The number of aromatic nitrogens is 3. The number of ether oxygens (including phenoxy) is 3. The molecule has 0 radical (unpaired) electrons. The molecule has 0 amide bonds. The number of aliphatic hydroxyl groups is 1. The minimum absolute atomic E-state index is 0.0586. The number of esters is 2. The van der Waals surface area contributed by atoms with Crippen LogP contribution < -0.4 is 5.73 Å². The van der Waals surface area contributed by atoms with Gasteiger partial charge in [-0.1, -0.05) is 36.4 Å². The molecule has 2 aromatic carbocycles. The molecule has 11 nitrogen and oxygen atoms in total. The Morgan fingerprint density at radius 2 is 1.71 bits per heavy atom. The van der Waals surface area contributed by atoms with Crippen LogP contribution >= 0.6 is 0 Å². The van der Waals surface area contributed by atoms with Gasteiger partial charge in [0.1, 0.15) is 30.2 Å². The average Bonchev–Trinajstić information content (AvgIpc) is 3.48. The van der Waals surface area contributed by atoms with Crippen LogP contribution in [0.15, 0.2) is 79.1 Å². The topological polar surface area (TPSA) is 162 Å². The highest BCUT2D eigenvalue weighted by Gasteiger charge is 2.67. The number of benzene rings is 2. The summed E-state index contributed by atoms with van der Waals surface area (Å²) in [6, 6.07) is 21.6. The minimum Gasteiger partial charge on any atom is -0.459 e. The Balaban J connectivity index is 1.53. The summed E-state index contributed by atoms with van der Waals surface area (Å²) in [7, 11) is 0. The number of carbonyl (C=O) groups excluding carboxylic acids is 2. The van der Waals surface area contributed by atoms with Crippen molar-refractivity contribution in [2.45, 2.75) is 24.9 Å². The van der Waals surface area contributed by atoms with Crippen LogP contribution in [0, 0.1) is 16.7 Å². The summed E-state index contributed by atoms with van der Waals surface area (Å²) in [4.78, 5) is 29.6. The van der Waals surface area contributed by atoms with Gasteiger partial charge >= 0.3 is 11.9 Å². The molecule has 0 spiro atoms. The number of anilines is 1. The number of hydrogen-bond donors (Lipinski definition) is 2. The predicted octanol–water partition coefficient (Wildman–Crippen LogP) is 2.47. The van der Waals surface area contributed by atoms with Gasteiger partial charge in [0.25, 0.3) is 0 Å². The van der Waals surface area contributed by atoms with Crippen LogP contribution in [0.5, 0.6) is 0 Å². The van der Waals surface area contributed by atoms with Crippen LogP contribution in [0.1, 0.15) is 33.3 Å². The van der Waals surface area contributed by atoms with Crippen molar-refractivity contribution in [1.29, 1.82) is 5.26 Å². The molecular formula is C27H23N5O6. The summed E-state index contributed by atoms with van der Waals surface area (Å²) in [6.07, 6.45) is -1.37. The van der Waals surface area contributed by atoms with E-state index in [1.54, 1.807) is 66.7 Å². The Morgan fingerprint density at radius 3 is 2.34 bits per heavy atom. The Labute approximate surface area is 217 Å². The molecule has 4 aromatic rings. The SMILES string of the molecule is C[C@@]1(C#N)[C@H](OC(=O)c2ccccc2)[C@@H](COC(=O)c2ccccc2)OC1(O)c1ccc2c(N)ncnn12. The van der Waals surface area contributed by atoms with Gasteiger partial charge in [-0.05, 0) is 43.3 Å². The van der Waals surface area contributed by atoms with Gasteiger partial charge in [-0.15, -0.1) is 0 Å². The van der Waals surface area contributed by atoms with Crippen molar-refractivity contribution in [3.63, 3.8) is 0 Å². The lowest BCUT2D eigenvalue weighted by molar-refractivity contribution is -0.241. The predicted molar refractivity (Wildman–Crippen MR) is 132 cm³/mol. The number of nitrogen functional groups attached to an aromatic ring is 1. The lowest BCUT2D eigenvalue weighted by atomic mass is 9.76. The van der Waals surface area contributed by atoms with Crippen molar-refractivity contribution in [2.75, 3.05) is 12.3 Å². The van der Waals surface area contributed by atoms with Crippen molar-refractivity contribution in [3.05, 3.63) is 95.9 Å². The summed E-state index contributed by atoms with van der Waals surface area (Å²) in [5, 5.41) is 26.5. The maximum atomic E-state index is 13.0. The molecule has 5 rings (SSSR count). The molecule has 1 unspecified atom stereocenters. The number of fused-ring (bicyclic) bond motifs is 1. The lowest BCUT2D eigenvalue weighted by Crippen LogP contribution is -2.47. The highest BCUT2D eigenvalue weighted by Crippen LogP contribution is 2.52. The standard InChI is InChI=1S/C27H23N5O6/c1-26(15-28)22(37-25(34)18-10-6-3-7-11-18)20(14-36-24(33)17-8-4-2-5-9-17)38-27(26,35)21-13-12-19-23(29)30-16-31-32(19)21/h2-13,16,20,22,35H,14H2,1H3,(H2,29,30,31)/t20-,22-,26-,27?/m1/s1. The molecule has 0 bridgehead atoms. The molecule has 1 fully saturated rings. The molecule has 1 aliphatic rings. The molecule has 38 heavy (non-hydrogen) atoms. The summed E-state index contributed by atoms with van der Waals surface area (Å²) < 4.78 is 18.6. The second kappa shape index (κ2) is 9.59. The maximum absolute atomic E-state index is 13.0. The molecule has 2 aromatic heterocycles. The van der Waals surface area contributed by atoms with E-state index in [0.717, 1.165) is 0 Å². The van der Waals surface area contributed by atoms with Gasteiger partial charge in [0.2, 0.25) is 5.79 Å². The van der Waals surface area contributed by atoms with Gasteiger partial charge in [0.05, 0.1) is 17.2 Å². The Kier molecular flexibility index (Phi) is 6.28. The summed E-state index contributed by atoms with van der Waals surface area (Å²) in [5.41, 5.74) is 5.04. The van der Waals surface area contributed by atoms with Crippen LogP contribution in [-0.4, -0.2) is 50.5 Å². The fourth-order valence-corrected chi connectivity index (χ4v) is 4.53. The number of nitrogens with two attached hydrogens (primary N) is 1. The molecule has 0 aliphatic carbocycles. The molecule has 0 saturated carbocycles. The van der Waals surface area contributed by atoms with E-state index < -0.39 is 42.0 Å². The number of carbonyl (C=O) groups is 2. The average molecular weight is 514 g/mol. The molecule has 3 heterocycles. The van der Waals surface area contributed by atoms with Gasteiger partial charge in [-0.2, -0.15) is 10.4 Å². The van der Waals surface area contributed by atoms with Gasteiger partial charge in [0, 0.05) is 0 Å². The molecule has 11 heteroatoms. The summed E-state index contributed by atoms with van der Waals surface area (Å²) >= 11 is 0. The largest absolute Gasteiger partial charge is 0.459 e. The van der Waals surface area contributed by atoms with Crippen molar-refractivity contribution < 1.29 is 28.9 Å². The van der Waals surface area contributed by atoms with E-state index in [1.807, 2.05) is 0 Å². The van der Waals surface area contributed by atoms with E-state index >= 15 is 0 Å². The van der Waals surface area contributed by atoms with Crippen LogP contribution in [0.4, 0.5) is 5.82 Å². The summed E-state index contributed by atoms with van der Waals surface area (Å²) in [5.74, 6) is -3.59. The van der Waals surface area contributed by atoms with E-state index in [0.29, 0.717) is 11.1 Å². The highest BCUT2D eigenvalue weighted by molar-refractivity contribution is 5.90. The molecule has 192 valence electrons. The van der Waals surface area contributed by atoms with E-state index in [1.165, 1.54) is 23.8 Å². The molecule has 4 atom stereocenters. The maximum Gasteiger partial charge on any atom is 0.338 e. The van der Waals surface area contributed by atoms with Gasteiger partial charge < -0.3 is 25.1 Å². The van der Waals surface area contributed by atoms with Crippen LogP contribution in [0.3, 0.4) is 0 Å². The van der Waals surface area contributed by atoms with Gasteiger partial charge in [0.15, 0.2) is 17.3 Å². The lowest BCUT2D eigenvalue weighted by Gasteiger charge is -2.34. The van der Waals surface area contributed by atoms with E-state index in [-0.39, 0.29) is 17.1 Å². The first-order chi connectivity index (χ1) is 18.3. The van der Waals surface area contributed by atoms with Crippen molar-refractivity contribution in [1.82, 2.24) is 14.6 Å². The van der Waals surface area contributed by atoms with E-state index in [4.69, 9.17) is 19.9 Å². The molecular weight excluding hydrogens is 490 g/mol. The van der Waals surface area contributed by atoms with Gasteiger partial charge in [-0.3, -0.25) is 0 Å². The smallest absolute Gasteiger partial charge is 0.338 e. The molecule has 1 aliphatic heterocycles. The van der Waals surface area contributed by atoms with Crippen LogP contribution in [0.2, 0.25) is 0 Å². The zero-order chi connectivity index (χ0) is 26.9. The molecule has 3 N–H and O–H groups in total. The highest BCUT2D eigenvalue weighted by atomic mass is 16.7. The Bertz CT molecular complexity index is 1540. The van der Waals surface area contributed by atoms with E-state index in [2.05, 4.69) is 16.2 Å². The first-order valence-electron chi connectivity index (χ1n) is 11.7. The zero-order valence-electron chi connectivity index (χ0n) is 20.2. The monoisotopic (exact) mass is 513 g/mol. The third-order valence-corrected chi connectivity index (χ3v) is 6.63. The Morgan fingerprint density at radius 1 is 1.08 bits per heavy atom. The normalized spacial score (nSPS) is 24.6. The second-order valence-electron chi connectivity index (χ2n) is 8.93. The number of nitrogens with zero attached hydrogens (tertiary/aromatic N) is 4. The van der Waals surface area contributed by atoms with Gasteiger partial charge in [-0.25, -0.2) is 19.1 Å². The molecule has 1 saturated heterocycles. The van der Waals surface area contributed by atoms with Crippen LogP contribution in [0.25, 0.3) is 5.52 Å². The number of rotatable bonds is 6. The number of nitriles is 1. The zero-order valence-corrected chi connectivity index (χ0v) is 20.2. The fourth-order valence-electron chi connectivity index (χ4n) is 4.53. The summed E-state index contributed by atoms with van der Waals surface area (Å²) in [6.45, 7) is 0.985. The third-order valence-electron chi connectivity index (χ3n) is 6.63. The first kappa shape index (κ1) is 24.9. The number of hydrogen-bond acceptors (Lipinski definition) is 10.